The van der Waals surface area contributed by atoms with Crippen LogP contribution in [-0.4, -0.2) is 36.7 Å². The minimum atomic E-state index is -1.01. The molecule has 3 N–H and O–H groups in total. The SMILES string of the molecule is CC(C)C[C@H](OC(N)=O)C(=O)N[C@@H]1CCOC1=O. The molecule has 0 unspecified atom stereocenters. The summed E-state index contributed by atoms with van der Waals surface area (Å²) in [4.78, 5) is 33.8. The highest BCUT2D eigenvalue weighted by molar-refractivity contribution is 5.88. The molecule has 1 aliphatic rings. The van der Waals surface area contributed by atoms with Gasteiger partial charge in [0.2, 0.25) is 0 Å². The minimum Gasteiger partial charge on any atom is -0.464 e. The van der Waals surface area contributed by atoms with Crippen molar-refractivity contribution in [2.75, 3.05) is 6.61 Å². The Morgan fingerprint density at radius 3 is 2.67 bits per heavy atom. The van der Waals surface area contributed by atoms with Gasteiger partial charge in [-0.2, -0.15) is 0 Å². The predicted molar refractivity (Wildman–Crippen MR) is 61.4 cm³/mol. The summed E-state index contributed by atoms with van der Waals surface area (Å²) in [5.41, 5.74) is 4.91. The maximum absolute atomic E-state index is 11.9. The first-order chi connectivity index (χ1) is 8.40. The third-order valence-electron chi connectivity index (χ3n) is 2.49. The highest BCUT2D eigenvalue weighted by atomic mass is 16.6. The maximum Gasteiger partial charge on any atom is 0.405 e. The molecule has 2 amide bonds. The van der Waals surface area contributed by atoms with Crippen LogP contribution in [0, 0.1) is 5.92 Å². The van der Waals surface area contributed by atoms with Crippen LogP contribution in [0.5, 0.6) is 0 Å². The number of carbonyl (C=O) groups is 3. The fourth-order valence-electron chi connectivity index (χ4n) is 1.67. The van der Waals surface area contributed by atoms with Crippen LogP contribution in [-0.2, 0) is 19.1 Å². The molecule has 2 atom stereocenters. The van der Waals surface area contributed by atoms with Crippen LogP contribution in [0.4, 0.5) is 4.79 Å². The molecule has 1 fully saturated rings. The Kier molecular flexibility index (Phi) is 4.94. The summed E-state index contributed by atoms with van der Waals surface area (Å²) >= 11 is 0. The summed E-state index contributed by atoms with van der Waals surface area (Å²) in [5.74, 6) is -0.840. The molecule has 1 rings (SSSR count). The van der Waals surface area contributed by atoms with Gasteiger partial charge in [-0.15, -0.1) is 0 Å². The van der Waals surface area contributed by atoms with Crippen molar-refractivity contribution in [2.24, 2.45) is 11.7 Å². The average Bonchev–Trinajstić information content (AvgIpc) is 2.62. The van der Waals surface area contributed by atoms with Gasteiger partial charge in [0.25, 0.3) is 5.91 Å². The fourth-order valence-corrected chi connectivity index (χ4v) is 1.67. The molecule has 0 radical (unpaired) electrons. The van der Waals surface area contributed by atoms with Crippen LogP contribution < -0.4 is 11.1 Å². The van der Waals surface area contributed by atoms with Crippen molar-refractivity contribution in [3.8, 4) is 0 Å². The van der Waals surface area contributed by atoms with Crippen LogP contribution in [0.1, 0.15) is 26.7 Å². The largest absolute Gasteiger partial charge is 0.464 e. The van der Waals surface area contributed by atoms with Gasteiger partial charge in [0.05, 0.1) is 6.61 Å². The summed E-state index contributed by atoms with van der Waals surface area (Å²) in [6.45, 7) is 4.05. The Labute approximate surface area is 105 Å². The van der Waals surface area contributed by atoms with E-state index >= 15 is 0 Å². The molecule has 1 aliphatic heterocycles. The zero-order valence-corrected chi connectivity index (χ0v) is 10.5. The van der Waals surface area contributed by atoms with Crippen LogP contribution in [0.2, 0.25) is 0 Å². The van der Waals surface area contributed by atoms with E-state index in [1.165, 1.54) is 0 Å². The highest BCUT2D eigenvalue weighted by Gasteiger charge is 2.32. The molecule has 18 heavy (non-hydrogen) atoms. The number of primary amides is 1. The number of carbonyl (C=O) groups excluding carboxylic acids is 3. The van der Waals surface area contributed by atoms with E-state index in [-0.39, 0.29) is 12.5 Å². The van der Waals surface area contributed by atoms with E-state index in [9.17, 15) is 14.4 Å². The number of nitrogens with one attached hydrogen (secondary N) is 1. The lowest BCUT2D eigenvalue weighted by atomic mass is 10.0. The Bertz CT molecular complexity index is 342. The minimum absolute atomic E-state index is 0.149. The van der Waals surface area contributed by atoms with Crippen molar-refractivity contribution >= 4 is 18.0 Å². The van der Waals surface area contributed by atoms with Crippen molar-refractivity contribution < 1.29 is 23.9 Å². The van der Waals surface area contributed by atoms with Crippen LogP contribution >= 0.6 is 0 Å². The van der Waals surface area contributed by atoms with Crippen LogP contribution in [0.25, 0.3) is 0 Å². The quantitative estimate of drug-likeness (QED) is 0.671. The standard InChI is InChI=1S/C11H18N2O5/c1-6(2)5-8(18-11(12)16)9(14)13-7-3-4-17-10(7)15/h6-8H,3-5H2,1-2H3,(H2,12,16)(H,13,14)/t7-,8+/m1/s1. The Morgan fingerprint density at radius 2 is 2.22 bits per heavy atom. The highest BCUT2D eigenvalue weighted by Crippen LogP contribution is 2.11. The molecular formula is C11H18N2O5. The number of hydrogen-bond donors (Lipinski definition) is 2. The Balaban J connectivity index is 2.57. The molecule has 0 bridgehead atoms. The second kappa shape index (κ2) is 6.23. The lowest BCUT2D eigenvalue weighted by molar-refractivity contribution is -0.142. The van der Waals surface area contributed by atoms with Gasteiger partial charge < -0.3 is 20.5 Å². The number of esters is 1. The van der Waals surface area contributed by atoms with E-state index in [1.54, 1.807) is 0 Å². The second-order valence-corrected chi connectivity index (χ2v) is 4.57. The van der Waals surface area contributed by atoms with Crippen molar-refractivity contribution in [2.45, 2.75) is 38.8 Å². The zero-order chi connectivity index (χ0) is 13.7. The molecule has 0 aromatic carbocycles. The third kappa shape index (κ3) is 4.23. The molecule has 0 aromatic rings. The number of hydrogen-bond acceptors (Lipinski definition) is 5. The number of nitrogens with two attached hydrogens (primary N) is 1. The molecule has 0 aliphatic carbocycles. The Hall–Kier alpha value is -1.79. The van der Waals surface area contributed by atoms with Gasteiger partial charge in [-0.25, -0.2) is 9.59 Å². The first-order valence-corrected chi connectivity index (χ1v) is 5.83. The smallest absolute Gasteiger partial charge is 0.405 e. The van der Waals surface area contributed by atoms with Crippen LogP contribution in [0.15, 0.2) is 0 Å². The van der Waals surface area contributed by atoms with Gasteiger partial charge in [0.15, 0.2) is 6.10 Å². The van der Waals surface area contributed by atoms with Crippen molar-refractivity contribution in [1.29, 1.82) is 0 Å². The number of amides is 2. The summed E-state index contributed by atoms with van der Waals surface area (Å²) in [5, 5.41) is 2.49. The predicted octanol–water partition coefficient (Wildman–Crippen LogP) is -0.0719. The molecule has 1 saturated heterocycles. The third-order valence-corrected chi connectivity index (χ3v) is 2.49. The van der Waals surface area contributed by atoms with Gasteiger partial charge in [-0.05, 0) is 12.3 Å². The van der Waals surface area contributed by atoms with Gasteiger partial charge in [0.1, 0.15) is 6.04 Å². The lowest BCUT2D eigenvalue weighted by Crippen LogP contribution is -2.46. The van der Waals surface area contributed by atoms with Crippen molar-refractivity contribution in [3.05, 3.63) is 0 Å². The molecule has 0 aromatic heterocycles. The molecule has 0 saturated carbocycles. The van der Waals surface area contributed by atoms with Gasteiger partial charge in [-0.1, -0.05) is 13.8 Å². The summed E-state index contributed by atoms with van der Waals surface area (Å²) in [6.07, 6.45) is -1.22. The zero-order valence-electron chi connectivity index (χ0n) is 10.5. The van der Waals surface area contributed by atoms with E-state index in [0.717, 1.165) is 0 Å². The van der Waals surface area contributed by atoms with E-state index < -0.39 is 30.1 Å². The topological polar surface area (TPSA) is 108 Å². The van der Waals surface area contributed by atoms with Gasteiger partial charge in [0, 0.05) is 6.42 Å². The summed E-state index contributed by atoms with van der Waals surface area (Å²) in [7, 11) is 0. The van der Waals surface area contributed by atoms with Crippen LogP contribution in [0.3, 0.4) is 0 Å². The monoisotopic (exact) mass is 258 g/mol. The Morgan fingerprint density at radius 1 is 1.56 bits per heavy atom. The number of cyclic esters (lactones) is 1. The van der Waals surface area contributed by atoms with E-state index in [0.29, 0.717) is 12.8 Å². The van der Waals surface area contributed by atoms with E-state index in [4.69, 9.17) is 15.2 Å². The number of ether oxygens (including phenoxy) is 2. The average molecular weight is 258 g/mol. The van der Waals surface area contributed by atoms with Gasteiger partial charge >= 0.3 is 12.1 Å². The van der Waals surface area contributed by atoms with Crippen molar-refractivity contribution in [3.63, 3.8) is 0 Å². The number of rotatable bonds is 5. The molecule has 7 nitrogen and oxygen atoms in total. The summed E-state index contributed by atoms with van der Waals surface area (Å²) < 4.78 is 9.47. The second-order valence-electron chi connectivity index (χ2n) is 4.57. The van der Waals surface area contributed by atoms with E-state index in [1.807, 2.05) is 13.8 Å². The molecule has 102 valence electrons. The maximum atomic E-state index is 11.9. The van der Waals surface area contributed by atoms with Gasteiger partial charge in [-0.3, -0.25) is 4.79 Å². The molecule has 7 heteroatoms. The summed E-state index contributed by atoms with van der Waals surface area (Å²) in [6, 6.07) is -0.663. The molecular weight excluding hydrogens is 240 g/mol. The normalized spacial score (nSPS) is 20.4. The van der Waals surface area contributed by atoms with Crippen molar-refractivity contribution in [1.82, 2.24) is 5.32 Å². The first kappa shape index (κ1) is 14.3. The molecule has 1 heterocycles. The lowest BCUT2D eigenvalue weighted by Gasteiger charge is -2.19. The molecule has 0 spiro atoms. The fraction of sp³-hybridized carbons (Fsp3) is 0.727. The van der Waals surface area contributed by atoms with E-state index in [2.05, 4.69) is 5.32 Å². The first-order valence-electron chi connectivity index (χ1n) is 5.83.